The van der Waals surface area contributed by atoms with Crippen molar-refractivity contribution in [2.45, 2.75) is 13.0 Å². The van der Waals surface area contributed by atoms with Gasteiger partial charge in [0, 0.05) is 19.3 Å². The van der Waals surface area contributed by atoms with E-state index in [-0.39, 0.29) is 17.4 Å². The standard InChI is InChI=1S/C18H15N5O3/c24-23(25)16-17(22-9-7-13-4-1-2-5-14(13)11-22)20-12-21-18(16)26-15-6-3-8-19-10-15/h1-6,8,10,12H,7,9,11H2. The Labute approximate surface area is 149 Å². The lowest BCUT2D eigenvalue weighted by Gasteiger charge is -2.29. The Morgan fingerprint density at radius 1 is 1.12 bits per heavy atom. The molecule has 1 aliphatic heterocycles. The number of hydrogen-bond donors (Lipinski definition) is 0. The molecule has 8 nitrogen and oxygen atoms in total. The highest BCUT2D eigenvalue weighted by Crippen LogP contribution is 2.37. The van der Waals surface area contributed by atoms with E-state index >= 15 is 0 Å². The SMILES string of the molecule is O=[N+]([O-])c1c(Oc2cccnc2)ncnc1N1CCc2ccccc2C1. The summed E-state index contributed by atoms with van der Waals surface area (Å²) in [5.41, 5.74) is 2.16. The second-order valence-electron chi connectivity index (χ2n) is 5.84. The molecule has 3 heterocycles. The number of anilines is 1. The third-order valence-electron chi connectivity index (χ3n) is 4.23. The lowest BCUT2D eigenvalue weighted by molar-refractivity contribution is -0.385. The second-order valence-corrected chi connectivity index (χ2v) is 5.84. The van der Waals surface area contributed by atoms with Crippen molar-refractivity contribution in [1.29, 1.82) is 0 Å². The molecule has 3 aromatic rings. The Hall–Kier alpha value is -3.55. The summed E-state index contributed by atoms with van der Waals surface area (Å²) >= 11 is 0. The van der Waals surface area contributed by atoms with Crippen LogP contribution in [0.1, 0.15) is 11.1 Å². The van der Waals surface area contributed by atoms with Crippen LogP contribution in [0.3, 0.4) is 0 Å². The van der Waals surface area contributed by atoms with Crippen LogP contribution in [0.5, 0.6) is 11.6 Å². The topological polar surface area (TPSA) is 94.3 Å². The number of pyridine rings is 1. The van der Waals surface area contributed by atoms with Gasteiger partial charge in [-0.25, -0.2) is 4.98 Å². The fraction of sp³-hybridized carbons (Fsp3) is 0.167. The van der Waals surface area contributed by atoms with Gasteiger partial charge in [0.2, 0.25) is 5.82 Å². The van der Waals surface area contributed by atoms with Crippen molar-refractivity contribution in [2.75, 3.05) is 11.4 Å². The van der Waals surface area contributed by atoms with E-state index in [2.05, 4.69) is 21.0 Å². The van der Waals surface area contributed by atoms with E-state index in [0.29, 0.717) is 18.8 Å². The maximum Gasteiger partial charge on any atom is 0.373 e. The van der Waals surface area contributed by atoms with Gasteiger partial charge in [0.15, 0.2) is 0 Å². The molecule has 26 heavy (non-hydrogen) atoms. The van der Waals surface area contributed by atoms with Crippen LogP contribution >= 0.6 is 0 Å². The Bertz CT molecular complexity index is 949. The lowest BCUT2D eigenvalue weighted by atomic mass is 10.00. The summed E-state index contributed by atoms with van der Waals surface area (Å²) in [7, 11) is 0. The van der Waals surface area contributed by atoms with Gasteiger partial charge in [-0.05, 0) is 29.7 Å². The first-order valence-corrected chi connectivity index (χ1v) is 8.11. The van der Waals surface area contributed by atoms with E-state index in [4.69, 9.17) is 4.74 Å². The van der Waals surface area contributed by atoms with Crippen LogP contribution in [-0.4, -0.2) is 26.4 Å². The molecule has 0 N–H and O–H groups in total. The van der Waals surface area contributed by atoms with Crippen molar-refractivity contribution in [1.82, 2.24) is 15.0 Å². The summed E-state index contributed by atoms with van der Waals surface area (Å²) in [5, 5.41) is 11.7. The average Bonchev–Trinajstić information content (AvgIpc) is 2.68. The average molecular weight is 349 g/mol. The Balaban J connectivity index is 1.71. The zero-order valence-electron chi connectivity index (χ0n) is 13.8. The first-order chi connectivity index (χ1) is 12.7. The lowest BCUT2D eigenvalue weighted by Crippen LogP contribution is -2.31. The van der Waals surface area contributed by atoms with Crippen molar-refractivity contribution in [3.05, 3.63) is 76.4 Å². The molecule has 0 spiro atoms. The molecule has 2 aromatic heterocycles. The zero-order chi connectivity index (χ0) is 17.9. The number of rotatable bonds is 4. The van der Waals surface area contributed by atoms with Crippen molar-refractivity contribution < 1.29 is 9.66 Å². The zero-order valence-corrected chi connectivity index (χ0v) is 13.8. The molecule has 0 fully saturated rings. The minimum absolute atomic E-state index is 0.0909. The maximum atomic E-state index is 11.7. The van der Waals surface area contributed by atoms with Crippen molar-refractivity contribution in [2.24, 2.45) is 0 Å². The summed E-state index contributed by atoms with van der Waals surface area (Å²) in [6.45, 7) is 1.20. The van der Waals surface area contributed by atoms with Gasteiger partial charge >= 0.3 is 11.6 Å². The van der Waals surface area contributed by atoms with E-state index in [0.717, 1.165) is 12.0 Å². The number of hydrogen-bond acceptors (Lipinski definition) is 7. The number of nitrogens with zero attached hydrogens (tertiary/aromatic N) is 5. The van der Waals surface area contributed by atoms with E-state index < -0.39 is 4.92 Å². The molecule has 1 aliphatic rings. The molecule has 8 heteroatoms. The molecule has 0 amide bonds. The Morgan fingerprint density at radius 3 is 2.73 bits per heavy atom. The predicted octanol–water partition coefficient (Wildman–Crippen LogP) is 3.13. The molecule has 0 radical (unpaired) electrons. The summed E-state index contributed by atoms with van der Waals surface area (Å²) in [5.74, 6) is 0.550. The van der Waals surface area contributed by atoms with E-state index in [1.165, 1.54) is 18.1 Å². The van der Waals surface area contributed by atoms with Gasteiger partial charge in [-0.15, -0.1) is 0 Å². The van der Waals surface area contributed by atoms with Crippen LogP contribution in [-0.2, 0) is 13.0 Å². The minimum Gasteiger partial charge on any atom is -0.432 e. The van der Waals surface area contributed by atoms with E-state index in [9.17, 15) is 10.1 Å². The number of benzene rings is 1. The molecule has 130 valence electrons. The first-order valence-electron chi connectivity index (χ1n) is 8.11. The van der Waals surface area contributed by atoms with Gasteiger partial charge in [-0.2, -0.15) is 4.98 Å². The Morgan fingerprint density at radius 2 is 1.96 bits per heavy atom. The fourth-order valence-electron chi connectivity index (χ4n) is 3.02. The maximum absolute atomic E-state index is 11.7. The summed E-state index contributed by atoms with van der Waals surface area (Å²) < 4.78 is 5.59. The molecule has 0 atom stereocenters. The van der Waals surface area contributed by atoms with Gasteiger partial charge in [-0.1, -0.05) is 24.3 Å². The van der Waals surface area contributed by atoms with Crippen LogP contribution in [0.2, 0.25) is 0 Å². The molecule has 1 aromatic carbocycles. The van der Waals surface area contributed by atoms with Gasteiger partial charge in [-0.3, -0.25) is 15.1 Å². The first kappa shape index (κ1) is 15.9. The minimum atomic E-state index is -0.498. The summed E-state index contributed by atoms with van der Waals surface area (Å²) in [6.07, 6.45) is 5.16. The van der Waals surface area contributed by atoms with Crippen LogP contribution < -0.4 is 9.64 Å². The number of fused-ring (bicyclic) bond motifs is 1. The van der Waals surface area contributed by atoms with Gasteiger partial charge in [0.1, 0.15) is 12.1 Å². The molecule has 4 rings (SSSR count). The Kier molecular flexibility index (Phi) is 4.14. The molecular formula is C18H15N5O3. The normalized spacial score (nSPS) is 13.2. The highest BCUT2D eigenvalue weighted by molar-refractivity contribution is 5.64. The van der Waals surface area contributed by atoms with Crippen molar-refractivity contribution in [3.63, 3.8) is 0 Å². The van der Waals surface area contributed by atoms with Gasteiger partial charge in [0.05, 0.1) is 11.1 Å². The fourth-order valence-corrected chi connectivity index (χ4v) is 3.02. The number of aromatic nitrogens is 3. The van der Waals surface area contributed by atoms with Crippen LogP contribution in [0.15, 0.2) is 55.1 Å². The van der Waals surface area contributed by atoms with E-state index in [1.807, 2.05) is 23.1 Å². The second kappa shape index (κ2) is 6.75. The molecule has 0 unspecified atom stereocenters. The third-order valence-corrected chi connectivity index (χ3v) is 4.23. The molecule has 0 bridgehead atoms. The largest absolute Gasteiger partial charge is 0.432 e. The quantitative estimate of drug-likeness (QED) is 0.527. The van der Waals surface area contributed by atoms with Gasteiger partial charge < -0.3 is 9.64 Å². The predicted molar refractivity (Wildman–Crippen MR) is 94.2 cm³/mol. The molecular weight excluding hydrogens is 334 g/mol. The molecule has 0 aliphatic carbocycles. The molecule has 0 saturated heterocycles. The van der Waals surface area contributed by atoms with Crippen molar-refractivity contribution >= 4 is 11.5 Å². The van der Waals surface area contributed by atoms with Crippen molar-refractivity contribution in [3.8, 4) is 11.6 Å². The number of ether oxygens (including phenoxy) is 1. The summed E-state index contributed by atoms with van der Waals surface area (Å²) in [6, 6.07) is 11.4. The third kappa shape index (κ3) is 3.04. The van der Waals surface area contributed by atoms with Crippen LogP contribution in [0.25, 0.3) is 0 Å². The summed E-state index contributed by atoms with van der Waals surface area (Å²) in [4.78, 5) is 25.2. The van der Waals surface area contributed by atoms with Crippen LogP contribution in [0.4, 0.5) is 11.5 Å². The smallest absolute Gasteiger partial charge is 0.373 e. The van der Waals surface area contributed by atoms with Gasteiger partial charge in [0.25, 0.3) is 0 Å². The monoisotopic (exact) mass is 349 g/mol. The highest BCUT2D eigenvalue weighted by atomic mass is 16.6. The highest BCUT2D eigenvalue weighted by Gasteiger charge is 2.30. The van der Waals surface area contributed by atoms with E-state index in [1.54, 1.807) is 18.3 Å². The molecule has 0 saturated carbocycles. The van der Waals surface area contributed by atoms with Crippen LogP contribution in [0, 0.1) is 10.1 Å². The number of nitro groups is 1.